The third kappa shape index (κ3) is 2.31. The highest BCUT2D eigenvalue weighted by Gasteiger charge is 2.27. The molecule has 94 valence electrons. The van der Waals surface area contributed by atoms with Crippen LogP contribution in [0.4, 0.5) is 0 Å². The van der Waals surface area contributed by atoms with Gasteiger partial charge in [-0.15, -0.1) is 0 Å². The first-order valence-corrected chi connectivity index (χ1v) is 5.73. The van der Waals surface area contributed by atoms with Crippen LogP contribution in [-0.2, 0) is 5.60 Å². The second kappa shape index (κ2) is 4.45. The first-order valence-electron chi connectivity index (χ1n) is 5.73. The largest absolute Gasteiger partial charge is 0.492 e. The first kappa shape index (κ1) is 12.0. The number of ether oxygens (including phenoxy) is 3. The number of hydrogen-bond acceptors (Lipinski definition) is 4. The smallest absolute Gasteiger partial charge is 0.203 e. The molecule has 0 spiro atoms. The van der Waals surface area contributed by atoms with Crippen molar-refractivity contribution in [3.8, 4) is 17.2 Å². The molecule has 1 heterocycles. The minimum atomic E-state index is -0.976. The van der Waals surface area contributed by atoms with E-state index in [1.165, 1.54) is 0 Å². The highest BCUT2D eigenvalue weighted by molar-refractivity contribution is 5.57. The van der Waals surface area contributed by atoms with Crippen LogP contribution in [0.5, 0.6) is 17.2 Å². The third-order valence-electron chi connectivity index (χ3n) is 2.73. The van der Waals surface area contributed by atoms with Crippen LogP contribution in [-0.4, -0.2) is 25.4 Å². The van der Waals surface area contributed by atoms with Gasteiger partial charge in [0.15, 0.2) is 11.5 Å². The zero-order chi connectivity index (χ0) is 12.5. The van der Waals surface area contributed by atoms with Gasteiger partial charge in [0, 0.05) is 12.0 Å². The SMILES string of the molecule is COc1c(C(C)(C)O)ccc2c1OCCCO2. The maximum atomic E-state index is 10.1. The summed E-state index contributed by atoms with van der Waals surface area (Å²) < 4.78 is 16.6. The van der Waals surface area contributed by atoms with Crippen LogP contribution in [0.15, 0.2) is 12.1 Å². The molecule has 1 N–H and O–H groups in total. The van der Waals surface area contributed by atoms with Gasteiger partial charge in [0.2, 0.25) is 5.75 Å². The molecule has 0 aromatic heterocycles. The minimum Gasteiger partial charge on any atom is -0.492 e. The van der Waals surface area contributed by atoms with Gasteiger partial charge in [-0.25, -0.2) is 0 Å². The molecule has 0 atom stereocenters. The number of benzene rings is 1. The van der Waals surface area contributed by atoms with Gasteiger partial charge in [-0.05, 0) is 26.0 Å². The molecule has 4 nitrogen and oxygen atoms in total. The van der Waals surface area contributed by atoms with Crippen LogP contribution in [0.2, 0.25) is 0 Å². The van der Waals surface area contributed by atoms with E-state index in [1.54, 1.807) is 21.0 Å². The van der Waals surface area contributed by atoms with Crippen molar-refractivity contribution in [2.75, 3.05) is 20.3 Å². The van der Waals surface area contributed by atoms with E-state index in [9.17, 15) is 5.11 Å². The lowest BCUT2D eigenvalue weighted by Crippen LogP contribution is -2.17. The fourth-order valence-corrected chi connectivity index (χ4v) is 1.89. The Kier molecular flexibility index (Phi) is 3.15. The zero-order valence-corrected chi connectivity index (χ0v) is 10.4. The zero-order valence-electron chi connectivity index (χ0n) is 10.4. The van der Waals surface area contributed by atoms with Gasteiger partial charge in [-0.2, -0.15) is 0 Å². The highest BCUT2D eigenvalue weighted by atomic mass is 16.5. The van der Waals surface area contributed by atoms with E-state index >= 15 is 0 Å². The summed E-state index contributed by atoms with van der Waals surface area (Å²) in [6.45, 7) is 4.67. The Morgan fingerprint density at radius 3 is 2.59 bits per heavy atom. The summed E-state index contributed by atoms with van der Waals surface area (Å²) in [6.07, 6.45) is 0.843. The number of methoxy groups -OCH3 is 1. The topological polar surface area (TPSA) is 47.9 Å². The summed E-state index contributed by atoms with van der Waals surface area (Å²) in [5, 5.41) is 10.1. The molecule has 0 aliphatic carbocycles. The highest BCUT2D eigenvalue weighted by Crippen LogP contribution is 2.44. The van der Waals surface area contributed by atoms with E-state index in [0.29, 0.717) is 36.0 Å². The van der Waals surface area contributed by atoms with Crippen LogP contribution < -0.4 is 14.2 Å². The van der Waals surface area contributed by atoms with Crippen molar-refractivity contribution in [1.29, 1.82) is 0 Å². The van der Waals surface area contributed by atoms with Crippen molar-refractivity contribution in [2.24, 2.45) is 0 Å². The maximum absolute atomic E-state index is 10.1. The van der Waals surface area contributed by atoms with Crippen LogP contribution in [0.1, 0.15) is 25.8 Å². The summed E-state index contributed by atoms with van der Waals surface area (Å²) in [6, 6.07) is 3.63. The van der Waals surface area contributed by atoms with Gasteiger partial charge in [-0.1, -0.05) is 0 Å². The molecule has 1 aliphatic heterocycles. The van der Waals surface area contributed by atoms with E-state index < -0.39 is 5.60 Å². The van der Waals surface area contributed by atoms with Crippen molar-refractivity contribution in [3.63, 3.8) is 0 Å². The molecule has 4 heteroatoms. The molecule has 0 unspecified atom stereocenters. The van der Waals surface area contributed by atoms with E-state index in [-0.39, 0.29) is 0 Å². The molecule has 1 aromatic rings. The van der Waals surface area contributed by atoms with E-state index in [0.717, 1.165) is 6.42 Å². The predicted octanol–water partition coefficient (Wildman–Crippen LogP) is 2.08. The van der Waals surface area contributed by atoms with Gasteiger partial charge in [0.05, 0.1) is 25.9 Å². The minimum absolute atomic E-state index is 0.553. The summed E-state index contributed by atoms with van der Waals surface area (Å²) in [5.74, 6) is 1.81. The number of rotatable bonds is 2. The predicted molar refractivity (Wildman–Crippen MR) is 63.8 cm³/mol. The van der Waals surface area contributed by atoms with Gasteiger partial charge in [0.25, 0.3) is 0 Å². The van der Waals surface area contributed by atoms with Crippen molar-refractivity contribution >= 4 is 0 Å². The van der Waals surface area contributed by atoms with Crippen molar-refractivity contribution in [2.45, 2.75) is 25.9 Å². The molecule has 1 aliphatic rings. The third-order valence-corrected chi connectivity index (χ3v) is 2.73. The molecule has 2 rings (SSSR count). The molecule has 0 radical (unpaired) electrons. The number of aliphatic hydroxyl groups is 1. The molecule has 0 amide bonds. The van der Waals surface area contributed by atoms with Gasteiger partial charge < -0.3 is 19.3 Å². The normalized spacial score (nSPS) is 15.3. The Bertz CT molecular complexity index is 407. The molecule has 17 heavy (non-hydrogen) atoms. The van der Waals surface area contributed by atoms with E-state index in [1.807, 2.05) is 12.1 Å². The second-order valence-electron chi connectivity index (χ2n) is 4.58. The Balaban J connectivity index is 2.54. The summed E-state index contributed by atoms with van der Waals surface area (Å²) in [7, 11) is 1.57. The number of hydrogen-bond donors (Lipinski definition) is 1. The Hall–Kier alpha value is -1.42. The van der Waals surface area contributed by atoms with Gasteiger partial charge >= 0.3 is 0 Å². The van der Waals surface area contributed by atoms with Crippen LogP contribution in [0.25, 0.3) is 0 Å². The molecule has 0 saturated carbocycles. The lowest BCUT2D eigenvalue weighted by molar-refractivity contribution is 0.0749. The fourth-order valence-electron chi connectivity index (χ4n) is 1.89. The van der Waals surface area contributed by atoms with Gasteiger partial charge in [0.1, 0.15) is 0 Å². The summed E-state index contributed by atoms with van der Waals surface area (Å²) in [4.78, 5) is 0. The molecule has 1 aromatic carbocycles. The summed E-state index contributed by atoms with van der Waals surface area (Å²) in [5.41, 5.74) is -0.278. The van der Waals surface area contributed by atoms with Crippen molar-refractivity contribution < 1.29 is 19.3 Å². The Morgan fingerprint density at radius 2 is 1.94 bits per heavy atom. The van der Waals surface area contributed by atoms with Crippen LogP contribution >= 0.6 is 0 Å². The van der Waals surface area contributed by atoms with E-state index in [2.05, 4.69) is 0 Å². The molecule has 0 fully saturated rings. The summed E-state index contributed by atoms with van der Waals surface area (Å²) >= 11 is 0. The Morgan fingerprint density at radius 1 is 1.24 bits per heavy atom. The van der Waals surface area contributed by atoms with Crippen molar-refractivity contribution in [1.82, 2.24) is 0 Å². The van der Waals surface area contributed by atoms with Crippen molar-refractivity contribution in [3.05, 3.63) is 17.7 Å². The monoisotopic (exact) mass is 238 g/mol. The average Bonchev–Trinajstić information content (AvgIpc) is 2.50. The molecular formula is C13H18O4. The average molecular weight is 238 g/mol. The molecule has 0 bridgehead atoms. The Labute approximate surface area is 101 Å². The number of fused-ring (bicyclic) bond motifs is 1. The van der Waals surface area contributed by atoms with E-state index in [4.69, 9.17) is 14.2 Å². The first-order chi connectivity index (χ1) is 8.04. The quantitative estimate of drug-likeness (QED) is 0.857. The maximum Gasteiger partial charge on any atom is 0.203 e. The van der Waals surface area contributed by atoms with Crippen LogP contribution in [0.3, 0.4) is 0 Å². The molecular weight excluding hydrogens is 220 g/mol. The fraction of sp³-hybridized carbons (Fsp3) is 0.538. The van der Waals surface area contributed by atoms with Crippen LogP contribution in [0, 0.1) is 0 Å². The van der Waals surface area contributed by atoms with Gasteiger partial charge in [-0.3, -0.25) is 0 Å². The standard InChI is InChI=1S/C13H18O4/c1-13(2,14)9-5-6-10-12(11(9)15-3)17-8-4-7-16-10/h5-6,14H,4,7-8H2,1-3H3. The lowest BCUT2D eigenvalue weighted by atomic mass is 9.96. The molecule has 0 saturated heterocycles. The lowest BCUT2D eigenvalue weighted by Gasteiger charge is -2.23. The second-order valence-corrected chi connectivity index (χ2v) is 4.58.